The average molecular weight is 486 g/mol. The predicted molar refractivity (Wildman–Crippen MR) is 124 cm³/mol. The Morgan fingerprint density at radius 1 is 1.18 bits per heavy atom. The number of amides is 1. The molecule has 0 fully saturated rings. The van der Waals surface area contributed by atoms with Crippen molar-refractivity contribution in [2.45, 2.75) is 18.6 Å². The smallest absolute Gasteiger partial charge is 0.234 e. The van der Waals surface area contributed by atoms with E-state index in [9.17, 15) is 4.79 Å². The van der Waals surface area contributed by atoms with Gasteiger partial charge in [-0.1, -0.05) is 23.4 Å². The van der Waals surface area contributed by atoms with Crippen LogP contribution in [0.2, 0.25) is 5.02 Å². The van der Waals surface area contributed by atoms with Gasteiger partial charge in [0.2, 0.25) is 11.1 Å². The number of carbonyl (C=O) groups excluding carboxylic acids is 1. The molecule has 2 aromatic heterocycles. The summed E-state index contributed by atoms with van der Waals surface area (Å²) in [5.41, 5.74) is 0.456. The lowest BCUT2D eigenvalue weighted by Gasteiger charge is -2.13. The van der Waals surface area contributed by atoms with E-state index in [2.05, 4.69) is 20.8 Å². The average Bonchev–Trinajstić information content (AvgIpc) is 3.48. The number of nitrogens with one attached hydrogen (secondary N) is 1. The molecule has 4 rings (SSSR count). The second-order valence-corrected chi connectivity index (χ2v) is 8.06. The third-order valence-electron chi connectivity index (χ3n) is 4.30. The lowest BCUT2D eigenvalue weighted by atomic mass is 10.2. The monoisotopic (exact) mass is 485 g/mol. The Morgan fingerprint density at radius 2 is 2.00 bits per heavy atom. The molecule has 0 aliphatic rings. The minimum atomic E-state index is -0.258. The van der Waals surface area contributed by atoms with E-state index in [1.54, 1.807) is 47.3 Å². The highest BCUT2D eigenvalue weighted by Gasteiger charge is 2.14. The fraction of sp³-hybridized carbons (Fsp3) is 0.182. The number of tetrazole rings is 1. The predicted octanol–water partition coefficient (Wildman–Crippen LogP) is 4.89. The van der Waals surface area contributed by atoms with Gasteiger partial charge < -0.3 is 19.2 Å². The summed E-state index contributed by atoms with van der Waals surface area (Å²) in [6, 6.07) is 15.9. The van der Waals surface area contributed by atoms with Crippen LogP contribution < -0.4 is 14.8 Å². The van der Waals surface area contributed by atoms with Gasteiger partial charge in [0.15, 0.2) is 5.75 Å². The van der Waals surface area contributed by atoms with Gasteiger partial charge in [-0.25, -0.2) is 4.68 Å². The first kappa shape index (κ1) is 22.7. The van der Waals surface area contributed by atoms with Crippen LogP contribution in [-0.2, 0) is 11.3 Å². The molecule has 0 atom stereocenters. The topological polar surface area (TPSA) is 104 Å². The molecule has 2 heterocycles. The summed E-state index contributed by atoms with van der Waals surface area (Å²) in [5.74, 6) is 2.36. The van der Waals surface area contributed by atoms with Crippen molar-refractivity contribution in [3.05, 3.63) is 71.6 Å². The quantitative estimate of drug-likeness (QED) is 0.316. The zero-order valence-corrected chi connectivity index (χ0v) is 19.2. The second kappa shape index (κ2) is 10.9. The SMILES string of the molecule is CCOc1ccc(Oc2ccc(Cl)cc2NC(=O)CSc2nnnn2Cc2ccco2)cc1. The van der Waals surface area contributed by atoms with Crippen molar-refractivity contribution in [1.82, 2.24) is 20.2 Å². The minimum Gasteiger partial charge on any atom is -0.494 e. The van der Waals surface area contributed by atoms with Crippen LogP contribution in [0.3, 0.4) is 0 Å². The molecule has 0 unspecified atom stereocenters. The van der Waals surface area contributed by atoms with Crippen LogP contribution >= 0.6 is 23.4 Å². The standard InChI is InChI=1S/C22H20ClN5O4S/c1-2-30-16-6-8-17(9-7-16)32-20-10-5-15(23)12-19(20)24-21(29)14-33-22-25-26-27-28(22)13-18-4-3-11-31-18/h3-12H,2,13-14H2,1H3,(H,24,29). The highest BCUT2D eigenvalue weighted by molar-refractivity contribution is 7.99. The number of anilines is 1. The van der Waals surface area contributed by atoms with E-state index in [-0.39, 0.29) is 11.7 Å². The van der Waals surface area contributed by atoms with Crippen molar-refractivity contribution in [2.75, 3.05) is 17.7 Å². The fourth-order valence-electron chi connectivity index (χ4n) is 2.85. The summed E-state index contributed by atoms with van der Waals surface area (Å²) in [6.07, 6.45) is 1.58. The maximum absolute atomic E-state index is 12.6. The third kappa shape index (κ3) is 6.27. The van der Waals surface area contributed by atoms with E-state index < -0.39 is 0 Å². The number of hydrogen-bond acceptors (Lipinski definition) is 8. The number of hydrogen-bond donors (Lipinski definition) is 1. The molecule has 33 heavy (non-hydrogen) atoms. The number of halogens is 1. The Labute approximate surface area is 199 Å². The number of benzene rings is 2. The number of furan rings is 1. The van der Waals surface area contributed by atoms with Crippen molar-refractivity contribution < 1.29 is 18.7 Å². The van der Waals surface area contributed by atoms with E-state index in [0.717, 1.165) is 5.75 Å². The van der Waals surface area contributed by atoms with Gasteiger partial charge >= 0.3 is 0 Å². The van der Waals surface area contributed by atoms with Gasteiger partial charge in [0.1, 0.15) is 23.8 Å². The first-order valence-corrected chi connectivity index (χ1v) is 11.4. The lowest BCUT2D eigenvalue weighted by Crippen LogP contribution is -2.15. The van der Waals surface area contributed by atoms with E-state index in [0.29, 0.717) is 46.3 Å². The van der Waals surface area contributed by atoms with Crippen LogP contribution in [0.25, 0.3) is 0 Å². The molecular weight excluding hydrogens is 466 g/mol. The Kier molecular flexibility index (Phi) is 7.48. The van der Waals surface area contributed by atoms with E-state index in [4.69, 9.17) is 25.5 Å². The Morgan fingerprint density at radius 3 is 2.76 bits per heavy atom. The first-order chi connectivity index (χ1) is 16.1. The minimum absolute atomic E-state index is 0.0908. The molecule has 11 heteroatoms. The van der Waals surface area contributed by atoms with Gasteiger partial charge in [-0.2, -0.15) is 0 Å². The largest absolute Gasteiger partial charge is 0.494 e. The number of aromatic nitrogens is 4. The van der Waals surface area contributed by atoms with Crippen LogP contribution in [0, 0.1) is 0 Å². The molecule has 1 N–H and O–H groups in total. The maximum atomic E-state index is 12.6. The molecule has 2 aromatic carbocycles. The van der Waals surface area contributed by atoms with Crippen molar-refractivity contribution in [1.29, 1.82) is 0 Å². The van der Waals surface area contributed by atoms with Crippen LogP contribution in [0.1, 0.15) is 12.7 Å². The third-order valence-corrected chi connectivity index (χ3v) is 5.49. The zero-order valence-electron chi connectivity index (χ0n) is 17.6. The number of rotatable bonds is 10. The molecule has 0 spiro atoms. The van der Waals surface area contributed by atoms with Crippen LogP contribution in [0.5, 0.6) is 17.2 Å². The molecular formula is C22H20ClN5O4S. The molecule has 170 valence electrons. The van der Waals surface area contributed by atoms with Crippen LogP contribution in [0.15, 0.2) is 70.4 Å². The number of ether oxygens (including phenoxy) is 2. The second-order valence-electron chi connectivity index (χ2n) is 6.68. The molecule has 0 aliphatic carbocycles. The molecule has 0 radical (unpaired) electrons. The molecule has 1 amide bonds. The molecule has 0 bridgehead atoms. The van der Waals surface area contributed by atoms with Gasteiger partial charge in [-0.05, 0) is 71.9 Å². The first-order valence-electron chi connectivity index (χ1n) is 10.0. The summed E-state index contributed by atoms with van der Waals surface area (Å²) >= 11 is 7.35. The number of nitrogens with zero attached hydrogens (tertiary/aromatic N) is 4. The van der Waals surface area contributed by atoms with Crippen molar-refractivity contribution in [3.63, 3.8) is 0 Å². The van der Waals surface area contributed by atoms with Gasteiger partial charge in [-0.3, -0.25) is 4.79 Å². The number of carbonyl (C=O) groups is 1. The van der Waals surface area contributed by atoms with Gasteiger partial charge in [0.05, 0.1) is 24.3 Å². The Balaban J connectivity index is 1.39. The van der Waals surface area contributed by atoms with Crippen molar-refractivity contribution >= 4 is 35.0 Å². The Bertz CT molecular complexity index is 1200. The summed E-state index contributed by atoms with van der Waals surface area (Å²) < 4.78 is 18.3. The van der Waals surface area contributed by atoms with E-state index >= 15 is 0 Å². The van der Waals surface area contributed by atoms with Gasteiger partial charge in [0, 0.05) is 5.02 Å². The molecule has 0 saturated heterocycles. The highest BCUT2D eigenvalue weighted by atomic mass is 35.5. The molecule has 4 aromatic rings. The van der Waals surface area contributed by atoms with E-state index in [1.165, 1.54) is 11.8 Å². The normalized spacial score (nSPS) is 10.7. The molecule has 0 aliphatic heterocycles. The fourth-order valence-corrected chi connectivity index (χ4v) is 3.70. The maximum Gasteiger partial charge on any atom is 0.234 e. The summed E-state index contributed by atoms with van der Waals surface area (Å²) in [5, 5.41) is 15.4. The highest BCUT2D eigenvalue weighted by Crippen LogP contribution is 2.33. The lowest BCUT2D eigenvalue weighted by molar-refractivity contribution is -0.113. The van der Waals surface area contributed by atoms with Crippen LogP contribution in [0.4, 0.5) is 5.69 Å². The summed E-state index contributed by atoms with van der Waals surface area (Å²) in [7, 11) is 0. The molecule has 0 saturated carbocycles. The van der Waals surface area contributed by atoms with Crippen LogP contribution in [-0.4, -0.2) is 38.5 Å². The van der Waals surface area contributed by atoms with Crippen molar-refractivity contribution in [2.24, 2.45) is 0 Å². The Hall–Kier alpha value is -3.50. The van der Waals surface area contributed by atoms with Crippen molar-refractivity contribution in [3.8, 4) is 17.2 Å². The zero-order chi connectivity index (χ0) is 23.0. The van der Waals surface area contributed by atoms with Gasteiger partial charge in [0.25, 0.3) is 0 Å². The summed E-state index contributed by atoms with van der Waals surface area (Å²) in [4.78, 5) is 12.6. The van der Waals surface area contributed by atoms with Gasteiger partial charge in [-0.15, -0.1) is 5.10 Å². The number of thioether (sulfide) groups is 1. The molecule has 9 nitrogen and oxygen atoms in total. The summed E-state index contributed by atoms with van der Waals surface area (Å²) in [6.45, 7) is 2.88. The van der Waals surface area contributed by atoms with E-state index in [1.807, 2.05) is 25.1 Å².